The van der Waals surface area contributed by atoms with Gasteiger partial charge in [-0.05, 0) is 61.0 Å². The Morgan fingerprint density at radius 3 is 2.12 bits per heavy atom. The lowest BCUT2D eigenvalue weighted by Crippen LogP contribution is -2.47. The fourth-order valence-electron chi connectivity index (χ4n) is 2.10. The van der Waals surface area contributed by atoms with E-state index >= 15 is 0 Å². The number of benzene rings is 2. The summed E-state index contributed by atoms with van der Waals surface area (Å²) in [6, 6.07) is 18.1. The molecule has 0 fully saturated rings. The lowest BCUT2D eigenvalue weighted by molar-refractivity contribution is 0.0729. The first kappa shape index (κ1) is 22.9. The first-order valence-corrected chi connectivity index (χ1v) is 12.1. The molecule has 0 aliphatic rings. The van der Waals surface area contributed by atoms with Crippen molar-refractivity contribution in [3.05, 3.63) is 54.6 Å². The van der Waals surface area contributed by atoms with Crippen molar-refractivity contribution in [2.75, 3.05) is 6.61 Å². The van der Waals surface area contributed by atoms with Crippen molar-refractivity contribution in [1.82, 2.24) is 0 Å². The Labute approximate surface area is 197 Å². The van der Waals surface area contributed by atoms with Crippen molar-refractivity contribution in [1.29, 1.82) is 0 Å². The number of rotatable bonds is 8. The molecule has 0 aliphatic heterocycles. The van der Waals surface area contributed by atoms with Gasteiger partial charge >= 0.3 is 0 Å². The van der Waals surface area contributed by atoms with Gasteiger partial charge < -0.3 is 9.47 Å². The molecule has 1 atom stereocenters. The summed E-state index contributed by atoms with van der Waals surface area (Å²) in [5.74, 6) is 1.14. The highest BCUT2D eigenvalue weighted by molar-refractivity contribution is 9.30. The summed E-state index contributed by atoms with van der Waals surface area (Å²) < 4.78 is 10.3. The normalized spacial score (nSPS) is 13.7. The third-order valence-corrected chi connectivity index (χ3v) is 11.3. The smallest absolute Gasteiger partial charge is 0.246 e. The van der Waals surface area contributed by atoms with Gasteiger partial charge in [0.05, 0.1) is 6.61 Å². The molecule has 0 aliphatic carbocycles. The zero-order chi connectivity index (χ0) is 19.4. The zero-order valence-corrected chi connectivity index (χ0v) is 22.2. The highest BCUT2D eigenvalue weighted by atomic mass is 79.9. The fourth-order valence-corrected chi connectivity index (χ4v) is 4.40. The van der Waals surface area contributed by atoms with E-state index in [1.807, 2.05) is 36.4 Å². The second kappa shape index (κ2) is 9.88. The number of hydrogen-bond acceptors (Lipinski definition) is 2. The Morgan fingerprint density at radius 2 is 1.50 bits per heavy atom. The van der Waals surface area contributed by atoms with Crippen molar-refractivity contribution in [2.45, 2.75) is 25.5 Å². The van der Waals surface area contributed by atoms with Gasteiger partial charge in [-0.25, -0.2) is 0 Å². The van der Waals surface area contributed by atoms with Crippen LogP contribution in [0.25, 0.3) is 11.1 Å². The predicted molar refractivity (Wildman–Crippen MR) is 127 cm³/mol. The summed E-state index contributed by atoms with van der Waals surface area (Å²) in [7, 11) is 0. The van der Waals surface area contributed by atoms with Crippen LogP contribution in [0.5, 0.6) is 5.75 Å². The lowest BCUT2D eigenvalue weighted by atomic mass is 10.1. The number of ether oxygens (including phenoxy) is 2. The summed E-state index contributed by atoms with van der Waals surface area (Å²) in [6.07, 6.45) is 0. The highest BCUT2D eigenvalue weighted by Crippen LogP contribution is 2.53. The molecule has 0 bridgehead atoms. The van der Waals surface area contributed by atoms with Crippen LogP contribution in [0.15, 0.2) is 54.6 Å². The summed E-state index contributed by atoms with van der Waals surface area (Å²) in [5.41, 5.74) is 2.22. The Morgan fingerprint density at radius 1 is 0.885 bits per heavy atom. The van der Waals surface area contributed by atoms with E-state index in [-0.39, 0.29) is 5.01 Å². The van der Waals surface area contributed by atoms with Gasteiger partial charge in [0, 0.05) is 0 Å². The number of alkyl halides is 5. The highest BCUT2D eigenvalue weighted by Gasteiger charge is 2.53. The quantitative estimate of drug-likeness (QED) is 0.263. The van der Waals surface area contributed by atoms with Gasteiger partial charge in [0.1, 0.15) is 10.8 Å². The largest absolute Gasteiger partial charge is 0.463 e. The molecule has 0 saturated carbocycles. The first-order chi connectivity index (χ1) is 12.1. The maximum absolute atomic E-state index is 6.19. The van der Waals surface area contributed by atoms with Gasteiger partial charge in [-0.1, -0.05) is 104 Å². The van der Waals surface area contributed by atoms with E-state index in [9.17, 15) is 0 Å². The molecule has 7 heteroatoms. The molecule has 26 heavy (non-hydrogen) atoms. The molecule has 2 nitrogen and oxygen atoms in total. The summed E-state index contributed by atoms with van der Waals surface area (Å²) in [4.78, 5) is 0. The minimum atomic E-state index is -0.965. The van der Waals surface area contributed by atoms with Crippen molar-refractivity contribution in [2.24, 2.45) is 5.92 Å². The molecule has 0 N–H and O–H groups in total. The SMILES string of the molecule is CC(C)COC(Br)C(Br)(Br)C(Br)(Br)Oc1cccc(-c2ccccc2)c1. The van der Waals surface area contributed by atoms with E-state index in [0.717, 1.165) is 11.1 Å². The van der Waals surface area contributed by atoms with Gasteiger partial charge in [0.25, 0.3) is 0 Å². The average Bonchev–Trinajstić information content (AvgIpc) is 2.60. The summed E-state index contributed by atoms with van der Waals surface area (Å²) in [5, 5.41) is -0.353. The monoisotopic (exact) mass is 674 g/mol. The van der Waals surface area contributed by atoms with E-state index < -0.39 is 6.65 Å². The van der Waals surface area contributed by atoms with Gasteiger partial charge in [-0.2, -0.15) is 0 Å². The predicted octanol–water partition coefficient (Wildman–Crippen LogP) is 8.06. The first-order valence-electron chi connectivity index (χ1n) is 7.99. The van der Waals surface area contributed by atoms with Crippen LogP contribution in [0.3, 0.4) is 0 Å². The van der Waals surface area contributed by atoms with E-state index in [2.05, 4.69) is 112 Å². The van der Waals surface area contributed by atoms with Gasteiger partial charge in [-0.3, -0.25) is 0 Å². The van der Waals surface area contributed by atoms with Crippen LogP contribution in [0, 0.1) is 5.92 Å². The lowest BCUT2D eigenvalue weighted by Gasteiger charge is -2.37. The molecule has 0 saturated heterocycles. The van der Waals surface area contributed by atoms with Crippen LogP contribution in [0.4, 0.5) is 0 Å². The molecule has 142 valence electrons. The molecule has 0 heterocycles. The molecular formula is C19H19Br5O2. The van der Waals surface area contributed by atoms with Gasteiger partial charge in [0.15, 0.2) is 3.23 Å². The number of hydrogen-bond donors (Lipinski definition) is 0. The molecule has 0 aromatic heterocycles. The Balaban J connectivity index is 2.17. The second-order valence-electron chi connectivity index (χ2n) is 6.18. The summed E-state index contributed by atoms with van der Waals surface area (Å²) >= 11 is 18.1. The molecule has 0 spiro atoms. The maximum Gasteiger partial charge on any atom is 0.246 e. The Bertz CT molecular complexity index is 704. The minimum absolute atomic E-state index is 0.353. The molecular weight excluding hydrogens is 660 g/mol. The van der Waals surface area contributed by atoms with Crippen LogP contribution in [0.1, 0.15) is 13.8 Å². The molecule has 2 rings (SSSR count). The van der Waals surface area contributed by atoms with Crippen LogP contribution in [-0.4, -0.2) is 18.3 Å². The Kier molecular flexibility index (Phi) is 8.70. The maximum atomic E-state index is 6.19. The fraction of sp³-hybridized carbons (Fsp3) is 0.368. The molecule has 0 radical (unpaired) electrons. The average molecular weight is 679 g/mol. The molecule has 2 aromatic carbocycles. The van der Waals surface area contributed by atoms with Gasteiger partial charge in [-0.15, -0.1) is 0 Å². The van der Waals surface area contributed by atoms with E-state index in [1.54, 1.807) is 0 Å². The van der Waals surface area contributed by atoms with E-state index in [0.29, 0.717) is 18.3 Å². The van der Waals surface area contributed by atoms with Gasteiger partial charge in [0.2, 0.25) is 3.42 Å². The number of halogens is 5. The molecule has 2 aromatic rings. The van der Waals surface area contributed by atoms with Crippen LogP contribution < -0.4 is 4.74 Å². The third kappa shape index (κ3) is 6.05. The topological polar surface area (TPSA) is 18.5 Å². The molecule has 0 amide bonds. The Hall–Kier alpha value is 0.600. The van der Waals surface area contributed by atoms with E-state index in [1.165, 1.54) is 0 Å². The van der Waals surface area contributed by atoms with Crippen LogP contribution in [-0.2, 0) is 4.74 Å². The molecule has 1 unspecified atom stereocenters. The van der Waals surface area contributed by atoms with Crippen molar-refractivity contribution in [3.8, 4) is 16.9 Å². The van der Waals surface area contributed by atoms with Crippen LogP contribution >= 0.6 is 79.6 Å². The third-order valence-electron chi connectivity index (χ3n) is 3.44. The van der Waals surface area contributed by atoms with Crippen molar-refractivity contribution in [3.63, 3.8) is 0 Å². The van der Waals surface area contributed by atoms with Crippen LogP contribution in [0.2, 0.25) is 0 Å². The summed E-state index contributed by atoms with van der Waals surface area (Å²) in [6.45, 7) is 4.82. The minimum Gasteiger partial charge on any atom is -0.463 e. The second-order valence-corrected chi connectivity index (χ2v) is 13.9. The van der Waals surface area contributed by atoms with E-state index in [4.69, 9.17) is 9.47 Å². The standard InChI is InChI=1S/C19H19Br5O2/c1-13(2)12-25-17(20)18(21,22)19(23,24)26-16-10-6-9-15(11-16)14-7-4-3-5-8-14/h3-11,13,17H,12H2,1-2H3. The van der Waals surface area contributed by atoms with Crippen molar-refractivity contribution >= 4 is 79.6 Å². The zero-order valence-electron chi connectivity index (χ0n) is 14.3. The van der Waals surface area contributed by atoms with Crippen molar-refractivity contribution < 1.29 is 9.47 Å².